The topological polar surface area (TPSA) is 29.9 Å². The van der Waals surface area contributed by atoms with Gasteiger partial charge in [-0.25, -0.2) is 0 Å². The molecule has 1 rings (SSSR count). The molecule has 1 aromatic heterocycles. The van der Waals surface area contributed by atoms with Gasteiger partial charge in [0.05, 0.1) is 6.20 Å². The highest BCUT2D eigenvalue weighted by Crippen LogP contribution is 2.06. The van der Waals surface area contributed by atoms with Crippen LogP contribution < -0.4 is 5.32 Å². The zero-order valence-electron chi connectivity index (χ0n) is 8.54. The van der Waals surface area contributed by atoms with Crippen molar-refractivity contribution in [3.8, 4) is 0 Å². The fourth-order valence-corrected chi connectivity index (χ4v) is 1.09. The third-order valence-electron chi connectivity index (χ3n) is 2.08. The number of hydrogen-bond acceptors (Lipinski definition) is 2. The molecule has 72 valence electrons. The van der Waals surface area contributed by atoms with Gasteiger partial charge in [0, 0.05) is 24.8 Å². The fraction of sp³-hybridized carbons (Fsp3) is 0.500. The zero-order chi connectivity index (χ0) is 9.68. The first-order chi connectivity index (χ1) is 6.25. The number of likely N-dealkylation sites (N-methyl/N-ethyl adjacent to an activating group) is 1. The molecule has 0 aliphatic rings. The van der Waals surface area contributed by atoms with Gasteiger partial charge in [-0.3, -0.25) is 4.68 Å². The first kappa shape index (κ1) is 9.99. The van der Waals surface area contributed by atoms with Crippen molar-refractivity contribution in [2.75, 3.05) is 13.1 Å². The summed E-state index contributed by atoms with van der Waals surface area (Å²) >= 11 is 0. The zero-order valence-corrected chi connectivity index (χ0v) is 8.54. The summed E-state index contributed by atoms with van der Waals surface area (Å²) < 4.78 is 1.88. The van der Waals surface area contributed by atoms with E-state index < -0.39 is 0 Å². The van der Waals surface area contributed by atoms with Crippen molar-refractivity contribution in [2.24, 2.45) is 7.05 Å². The van der Waals surface area contributed by atoms with Crippen LogP contribution >= 0.6 is 0 Å². The van der Waals surface area contributed by atoms with E-state index in [9.17, 15) is 0 Å². The second kappa shape index (κ2) is 4.82. The molecule has 0 spiro atoms. The summed E-state index contributed by atoms with van der Waals surface area (Å²) in [6.45, 7) is 6.10. The summed E-state index contributed by atoms with van der Waals surface area (Å²) in [6.07, 6.45) is 6.11. The Morgan fingerprint density at radius 3 is 2.92 bits per heavy atom. The van der Waals surface area contributed by atoms with E-state index in [2.05, 4.69) is 36.4 Å². The molecular weight excluding hydrogens is 162 g/mol. The van der Waals surface area contributed by atoms with E-state index in [0.717, 1.165) is 13.1 Å². The Morgan fingerprint density at radius 1 is 1.62 bits per heavy atom. The largest absolute Gasteiger partial charge is 0.314 e. The molecule has 1 N–H and O–H groups in total. The molecule has 0 aromatic carbocycles. The molecule has 3 heteroatoms. The molecule has 0 bridgehead atoms. The minimum Gasteiger partial charge on any atom is -0.314 e. The van der Waals surface area contributed by atoms with Crippen LogP contribution in [0.2, 0.25) is 0 Å². The maximum Gasteiger partial charge on any atom is 0.0564 e. The van der Waals surface area contributed by atoms with Crippen molar-refractivity contribution in [3.63, 3.8) is 0 Å². The van der Waals surface area contributed by atoms with Gasteiger partial charge in [-0.15, -0.1) is 0 Å². The summed E-state index contributed by atoms with van der Waals surface area (Å²) in [7, 11) is 1.96. The SMILES string of the molecule is CCNCC=Cc1cnn(C)c1C. The number of nitrogens with one attached hydrogen (secondary N) is 1. The summed E-state index contributed by atoms with van der Waals surface area (Å²) in [6, 6.07) is 0. The maximum absolute atomic E-state index is 4.16. The average Bonchev–Trinajstić information content (AvgIpc) is 2.43. The normalized spacial score (nSPS) is 11.3. The summed E-state index contributed by atoms with van der Waals surface area (Å²) in [4.78, 5) is 0. The third kappa shape index (κ3) is 2.70. The smallest absolute Gasteiger partial charge is 0.0564 e. The summed E-state index contributed by atoms with van der Waals surface area (Å²) in [5, 5.41) is 7.39. The van der Waals surface area contributed by atoms with Crippen LogP contribution in [0.4, 0.5) is 0 Å². The Kier molecular flexibility index (Phi) is 3.71. The predicted octanol–water partition coefficient (Wildman–Crippen LogP) is 1.35. The number of hydrogen-bond donors (Lipinski definition) is 1. The second-order valence-electron chi connectivity index (χ2n) is 3.02. The molecule has 0 atom stereocenters. The summed E-state index contributed by atoms with van der Waals surface area (Å²) in [5.74, 6) is 0. The van der Waals surface area contributed by atoms with E-state index in [1.807, 2.05) is 17.9 Å². The third-order valence-corrected chi connectivity index (χ3v) is 2.08. The minimum absolute atomic E-state index is 0.921. The Labute approximate surface area is 79.5 Å². The van der Waals surface area contributed by atoms with E-state index in [1.165, 1.54) is 11.3 Å². The van der Waals surface area contributed by atoms with Crippen LogP contribution in [0.25, 0.3) is 6.08 Å². The number of rotatable bonds is 4. The quantitative estimate of drug-likeness (QED) is 0.707. The lowest BCUT2D eigenvalue weighted by molar-refractivity contribution is 0.740. The lowest BCUT2D eigenvalue weighted by Crippen LogP contribution is -2.11. The van der Waals surface area contributed by atoms with Gasteiger partial charge < -0.3 is 5.32 Å². The van der Waals surface area contributed by atoms with Gasteiger partial charge in [0.15, 0.2) is 0 Å². The molecule has 0 aliphatic carbocycles. The van der Waals surface area contributed by atoms with E-state index in [4.69, 9.17) is 0 Å². The molecule has 1 aromatic rings. The first-order valence-electron chi connectivity index (χ1n) is 4.61. The van der Waals surface area contributed by atoms with Crippen LogP contribution in [-0.2, 0) is 7.05 Å². The molecule has 0 radical (unpaired) electrons. The summed E-state index contributed by atoms with van der Waals surface area (Å²) in [5.41, 5.74) is 2.40. The second-order valence-corrected chi connectivity index (χ2v) is 3.02. The number of aromatic nitrogens is 2. The maximum atomic E-state index is 4.16. The Bertz CT molecular complexity index is 286. The van der Waals surface area contributed by atoms with E-state index >= 15 is 0 Å². The molecule has 0 saturated carbocycles. The van der Waals surface area contributed by atoms with Gasteiger partial charge in [-0.2, -0.15) is 5.10 Å². The van der Waals surface area contributed by atoms with Crippen LogP contribution in [0.3, 0.4) is 0 Å². The molecule has 0 aliphatic heterocycles. The van der Waals surface area contributed by atoms with E-state index in [-0.39, 0.29) is 0 Å². The lowest BCUT2D eigenvalue weighted by Gasteiger charge is -1.95. The van der Waals surface area contributed by atoms with Crippen LogP contribution in [0.1, 0.15) is 18.2 Å². The van der Waals surface area contributed by atoms with Gasteiger partial charge in [-0.05, 0) is 13.5 Å². The minimum atomic E-state index is 0.921. The molecule has 0 fully saturated rings. The fourth-order valence-electron chi connectivity index (χ4n) is 1.09. The monoisotopic (exact) mass is 179 g/mol. The Balaban J connectivity index is 2.53. The molecular formula is C10H17N3. The number of nitrogens with zero attached hydrogens (tertiary/aromatic N) is 2. The first-order valence-corrected chi connectivity index (χ1v) is 4.61. The van der Waals surface area contributed by atoms with Gasteiger partial charge >= 0.3 is 0 Å². The number of aryl methyl sites for hydroxylation is 1. The van der Waals surface area contributed by atoms with Crippen molar-refractivity contribution in [3.05, 3.63) is 23.5 Å². The standard InChI is InChI=1S/C10H17N3/c1-4-11-7-5-6-10-8-12-13(3)9(10)2/h5-6,8,11H,4,7H2,1-3H3. The van der Waals surface area contributed by atoms with Crippen molar-refractivity contribution in [2.45, 2.75) is 13.8 Å². The van der Waals surface area contributed by atoms with E-state index in [1.54, 1.807) is 0 Å². The van der Waals surface area contributed by atoms with Gasteiger partial charge in [-0.1, -0.05) is 19.1 Å². The Hall–Kier alpha value is -1.09. The van der Waals surface area contributed by atoms with Gasteiger partial charge in [0.1, 0.15) is 0 Å². The molecule has 1 heterocycles. The highest BCUT2D eigenvalue weighted by Gasteiger charge is 1.97. The van der Waals surface area contributed by atoms with Crippen LogP contribution in [0.5, 0.6) is 0 Å². The highest BCUT2D eigenvalue weighted by molar-refractivity contribution is 5.50. The molecule has 3 nitrogen and oxygen atoms in total. The molecule has 0 amide bonds. The van der Waals surface area contributed by atoms with Crippen molar-refractivity contribution in [1.29, 1.82) is 0 Å². The average molecular weight is 179 g/mol. The molecule has 13 heavy (non-hydrogen) atoms. The molecule has 0 saturated heterocycles. The molecule has 0 unspecified atom stereocenters. The lowest BCUT2D eigenvalue weighted by atomic mass is 10.2. The van der Waals surface area contributed by atoms with Crippen LogP contribution in [0, 0.1) is 6.92 Å². The van der Waals surface area contributed by atoms with Crippen LogP contribution in [0.15, 0.2) is 12.3 Å². The van der Waals surface area contributed by atoms with Crippen molar-refractivity contribution >= 4 is 6.08 Å². The van der Waals surface area contributed by atoms with Crippen LogP contribution in [-0.4, -0.2) is 22.9 Å². The highest BCUT2D eigenvalue weighted by atomic mass is 15.3. The Morgan fingerprint density at radius 2 is 2.38 bits per heavy atom. The van der Waals surface area contributed by atoms with Crippen molar-refractivity contribution in [1.82, 2.24) is 15.1 Å². The van der Waals surface area contributed by atoms with Crippen molar-refractivity contribution < 1.29 is 0 Å². The van der Waals surface area contributed by atoms with E-state index in [0.29, 0.717) is 0 Å². The van der Waals surface area contributed by atoms with Gasteiger partial charge in [0.2, 0.25) is 0 Å². The van der Waals surface area contributed by atoms with Gasteiger partial charge in [0.25, 0.3) is 0 Å². The predicted molar refractivity (Wildman–Crippen MR) is 55.5 cm³/mol.